The summed E-state index contributed by atoms with van der Waals surface area (Å²) in [4.78, 5) is 27.8. The van der Waals surface area contributed by atoms with Crippen LogP contribution in [-0.4, -0.2) is 62.0 Å². The van der Waals surface area contributed by atoms with Crippen LogP contribution in [0.25, 0.3) is 0 Å². The molecule has 0 unspecified atom stereocenters. The van der Waals surface area contributed by atoms with Gasteiger partial charge in [-0.15, -0.1) is 0 Å². The van der Waals surface area contributed by atoms with E-state index in [9.17, 15) is 9.59 Å². The van der Waals surface area contributed by atoms with Gasteiger partial charge in [-0.2, -0.15) is 0 Å². The Kier molecular flexibility index (Phi) is 4.92. The van der Waals surface area contributed by atoms with Crippen molar-refractivity contribution in [1.82, 2.24) is 9.80 Å². The number of hydrogen-bond donors (Lipinski definition) is 0. The minimum atomic E-state index is 0.0389. The predicted octanol–water partition coefficient (Wildman–Crippen LogP) is 1.25. The molecule has 0 spiro atoms. The maximum Gasteiger partial charge on any atom is 0.242 e. The number of fused-ring (bicyclic) bond motifs is 1. The van der Waals surface area contributed by atoms with Gasteiger partial charge in [0.05, 0.1) is 20.8 Å². The van der Waals surface area contributed by atoms with Crippen LogP contribution < -0.4 is 9.47 Å². The summed E-state index contributed by atoms with van der Waals surface area (Å²) in [5, 5.41) is 0. The number of nitrogens with zero attached hydrogens (tertiary/aromatic N) is 2. The lowest BCUT2D eigenvalue weighted by Gasteiger charge is -2.23. The molecule has 0 aromatic heterocycles. The first-order valence-corrected chi connectivity index (χ1v) is 8.41. The summed E-state index contributed by atoms with van der Waals surface area (Å²) in [6.07, 6.45) is 3.00. The quantitative estimate of drug-likeness (QED) is 0.833. The standard InChI is InChI=1S/C18H24N2O4/c1-23-15-10-13-5-8-19(9-6-14(13)11-16(15)24-2)18(22)12-20-7-3-4-17(20)21/h10-11H,3-9,12H2,1-2H3. The van der Waals surface area contributed by atoms with E-state index in [1.807, 2.05) is 17.0 Å². The smallest absolute Gasteiger partial charge is 0.242 e. The molecule has 0 radical (unpaired) electrons. The van der Waals surface area contributed by atoms with E-state index in [0.717, 1.165) is 30.8 Å². The average molecular weight is 332 g/mol. The van der Waals surface area contributed by atoms with Crippen LogP contribution in [-0.2, 0) is 22.4 Å². The average Bonchev–Trinajstić information content (AvgIpc) is 2.87. The van der Waals surface area contributed by atoms with E-state index in [2.05, 4.69) is 0 Å². The van der Waals surface area contributed by atoms with Crippen molar-refractivity contribution >= 4 is 11.8 Å². The maximum absolute atomic E-state index is 12.5. The topological polar surface area (TPSA) is 59.1 Å². The molecule has 1 fully saturated rings. The van der Waals surface area contributed by atoms with Gasteiger partial charge in [-0.1, -0.05) is 0 Å². The molecule has 1 saturated heterocycles. The molecule has 0 aliphatic carbocycles. The van der Waals surface area contributed by atoms with E-state index < -0.39 is 0 Å². The van der Waals surface area contributed by atoms with Gasteiger partial charge >= 0.3 is 0 Å². The van der Waals surface area contributed by atoms with Gasteiger partial charge in [0, 0.05) is 26.1 Å². The molecule has 1 aromatic carbocycles. The Morgan fingerprint density at radius 1 is 1.00 bits per heavy atom. The van der Waals surface area contributed by atoms with Crippen LogP contribution in [0.3, 0.4) is 0 Å². The monoisotopic (exact) mass is 332 g/mol. The fourth-order valence-electron chi connectivity index (χ4n) is 3.44. The van der Waals surface area contributed by atoms with Gasteiger partial charge in [0.2, 0.25) is 11.8 Å². The van der Waals surface area contributed by atoms with Gasteiger partial charge in [-0.25, -0.2) is 0 Å². The highest BCUT2D eigenvalue weighted by molar-refractivity contribution is 5.86. The first-order valence-electron chi connectivity index (χ1n) is 8.41. The van der Waals surface area contributed by atoms with E-state index in [1.54, 1.807) is 19.1 Å². The van der Waals surface area contributed by atoms with Crippen molar-refractivity contribution in [3.63, 3.8) is 0 Å². The summed E-state index contributed by atoms with van der Waals surface area (Å²) in [5.41, 5.74) is 2.39. The number of hydrogen-bond acceptors (Lipinski definition) is 4. The van der Waals surface area contributed by atoms with Crippen LogP contribution in [0.15, 0.2) is 12.1 Å². The van der Waals surface area contributed by atoms with Gasteiger partial charge in [-0.3, -0.25) is 9.59 Å². The van der Waals surface area contributed by atoms with E-state index in [-0.39, 0.29) is 18.4 Å². The van der Waals surface area contributed by atoms with Crippen molar-refractivity contribution < 1.29 is 19.1 Å². The lowest BCUT2D eigenvalue weighted by molar-refractivity contribution is -0.138. The van der Waals surface area contributed by atoms with Crippen molar-refractivity contribution in [2.75, 3.05) is 40.4 Å². The molecule has 6 heteroatoms. The minimum absolute atomic E-state index is 0.0389. The second-order valence-corrected chi connectivity index (χ2v) is 6.28. The van der Waals surface area contributed by atoms with Crippen molar-refractivity contribution in [1.29, 1.82) is 0 Å². The van der Waals surface area contributed by atoms with Crippen LogP contribution in [0, 0.1) is 0 Å². The largest absolute Gasteiger partial charge is 0.493 e. The number of amides is 2. The zero-order chi connectivity index (χ0) is 17.1. The molecule has 3 rings (SSSR count). The minimum Gasteiger partial charge on any atom is -0.493 e. The third kappa shape index (κ3) is 3.32. The number of carbonyl (C=O) groups is 2. The maximum atomic E-state index is 12.5. The Balaban J connectivity index is 1.68. The highest BCUT2D eigenvalue weighted by Gasteiger charge is 2.26. The van der Waals surface area contributed by atoms with Crippen LogP contribution >= 0.6 is 0 Å². The summed E-state index contributed by atoms with van der Waals surface area (Å²) < 4.78 is 10.7. The second kappa shape index (κ2) is 7.11. The Morgan fingerprint density at radius 2 is 1.58 bits per heavy atom. The molecule has 2 aliphatic rings. The van der Waals surface area contributed by atoms with Crippen molar-refractivity contribution in [3.8, 4) is 11.5 Å². The predicted molar refractivity (Wildman–Crippen MR) is 89.3 cm³/mol. The third-order valence-corrected chi connectivity index (χ3v) is 4.86. The summed E-state index contributed by atoms with van der Waals surface area (Å²) in [6, 6.07) is 4.01. The van der Waals surface area contributed by atoms with Crippen molar-refractivity contribution in [2.24, 2.45) is 0 Å². The van der Waals surface area contributed by atoms with Crippen molar-refractivity contribution in [2.45, 2.75) is 25.7 Å². The molecule has 2 amide bonds. The zero-order valence-electron chi connectivity index (χ0n) is 14.3. The van der Waals surface area contributed by atoms with Gasteiger partial charge in [0.1, 0.15) is 0 Å². The van der Waals surface area contributed by atoms with Gasteiger partial charge < -0.3 is 19.3 Å². The first kappa shape index (κ1) is 16.6. The summed E-state index contributed by atoms with van der Waals surface area (Å²) >= 11 is 0. The zero-order valence-corrected chi connectivity index (χ0v) is 14.3. The number of likely N-dealkylation sites (tertiary alicyclic amines) is 1. The lowest BCUT2D eigenvalue weighted by Crippen LogP contribution is -2.41. The molecule has 1 aromatic rings. The Hall–Kier alpha value is -2.24. The molecule has 0 saturated carbocycles. The van der Waals surface area contributed by atoms with Crippen LogP contribution in [0.5, 0.6) is 11.5 Å². The van der Waals surface area contributed by atoms with E-state index in [1.165, 1.54) is 11.1 Å². The molecular weight excluding hydrogens is 308 g/mol. The van der Waals surface area contributed by atoms with Crippen molar-refractivity contribution in [3.05, 3.63) is 23.3 Å². The molecule has 24 heavy (non-hydrogen) atoms. The number of methoxy groups -OCH3 is 2. The van der Waals surface area contributed by atoms with Crippen LogP contribution in [0.2, 0.25) is 0 Å². The number of carbonyl (C=O) groups excluding carboxylic acids is 2. The molecule has 0 atom stereocenters. The summed E-state index contributed by atoms with van der Waals surface area (Å²) in [6.45, 7) is 2.25. The third-order valence-electron chi connectivity index (χ3n) is 4.86. The molecular formula is C18H24N2O4. The number of benzene rings is 1. The van der Waals surface area contributed by atoms with Gasteiger partial charge in [0.25, 0.3) is 0 Å². The van der Waals surface area contributed by atoms with E-state index in [4.69, 9.17) is 9.47 Å². The van der Waals surface area contributed by atoms with Gasteiger partial charge in [-0.05, 0) is 42.5 Å². The normalized spacial score (nSPS) is 17.5. The molecule has 0 bridgehead atoms. The second-order valence-electron chi connectivity index (χ2n) is 6.28. The lowest BCUT2D eigenvalue weighted by atomic mass is 10.0. The highest BCUT2D eigenvalue weighted by Crippen LogP contribution is 2.32. The SMILES string of the molecule is COc1cc2c(cc1OC)CCN(C(=O)CN1CCCC1=O)CC2. The first-order chi connectivity index (χ1) is 11.6. The number of rotatable bonds is 4. The number of ether oxygens (including phenoxy) is 2. The fourth-order valence-corrected chi connectivity index (χ4v) is 3.44. The summed E-state index contributed by atoms with van der Waals surface area (Å²) in [7, 11) is 3.26. The molecule has 2 aliphatic heterocycles. The Morgan fingerprint density at radius 3 is 2.04 bits per heavy atom. The highest BCUT2D eigenvalue weighted by atomic mass is 16.5. The van der Waals surface area contributed by atoms with E-state index >= 15 is 0 Å². The van der Waals surface area contributed by atoms with Crippen LogP contribution in [0.1, 0.15) is 24.0 Å². The molecule has 6 nitrogen and oxygen atoms in total. The summed E-state index contributed by atoms with van der Waals surface area (Å²) in [5.74, 6) is 1.57. The molecule has 2 heterocycles. The fraction of sp³-hybridized carbons (Fsp3) is 0.556. The molecule has 130 valence electrons. The Labute approximate surface area is 142 Å². The molecule has 0 N–H and O–H groups in total. The van der Waals surface area contributed by atoms with Crippen LogP contribution in [0.4, 0.5) is 0 Å². The van der Waals surface area contributed by atoms with Gasteiger partial charge in [0.15, 0.2) is 11.5 Å². The Bertz CT molecular complexity index is 609. The van der Waals surface area contributed by atoms with E-state index in [0.29, 0.717) is 26.1 Å².